The van der Waals surface area contributed by atoms with Gasteiger partial charge in [0.15, 0.2) is 5.43 Å². The van der Waals surface area contributed by atoms with Crippen LogP contribution >= 0.6 is 11.3 Å². The first-order chi connectivity index (χ1) is 11.0. The van der Waals surface area contributed by atoms with E-state index in [0.717, 1.165) is 23.5 Å². The van der Waals surface area contributed by atoms with Gasteiger partial charge in [-0.2, -0.15) is 0 Å². The summed E-state index contributed by atoms with van der Waals surface area (Å²) in [5.41, 5.74) is -0.814. The molecule has 2 aromatic carbocycles. The van der Waals surface area contributed by atoms with E-state index in [1.54, 1.807) is 0 Å². The molecule has 1 heterocycles. The van der Waals surface area contributed by atoms with Gasteiger partial charge < -0.3 is 9.84 Å². The van der Waals surface area contributed by atoms with Crippen molar-refractivity contribution in [3.63, 3.8) is 0 Å². The van der Waals surface area contributed by atoms with Gasteiger partial charge in [0.05, 0.1) is 12.2 Å². The van der Waals surface area contributed by atoms with Crippen LogP contribution in [0, 0.1) is 11.6 Å². The van der Waals surface area contributed by atoms with Gasteiger partial charge in [0.25, 0.3) is 0 Å². The predicted molar refractivity (Wildman–Crippen MR) is 82.9 cm³/mol. The van der Waals surface area contributed by atoms with Crippen molar-refractivity contribution in [2.24, 2.45) is 0 Å². The third kappa shape index (κ3) is 2.80. The minimum atomic E-state index is -0.919. The van der Waals surface area contributed by atoms with Crippen LogP contribution in [0.15, 0.2) is 35.1 Å². The highest BCUT2D eigenvalue weighted by Crippen LogP contribution is 2.27. The number of hydrogen-bond acceptors (Lipinski definition) is 5. The lowest BCUT2D eigenvalue weighted by Gasteiger charge is -2.06. The summed E-state index contributed by atoms with van der Waals surface area (Å²) in [5, 5.41) is 8.88. The van der Waals surface area contributed by atoms with E-state index in [1.807, 2.05) is 0 Å². The zero-order valence-electron chi connectivity index (χ0n) is 11.6. The Bertz CT molecular complexity index is 981. The van der Waals surface area contributed by atoms with Crippen molar-refractivity contribution in [1.82, 2.24) is 0 Å². The highest BCUT2D eigenvalue weighted by molar-refractivity contribution is 7.24. The summed E-state index contributed by atoms with van der Waals surface area (Å²) < 4.78 is 33.0. The normalized spacial score (nSPS) is 11.1. The van der Waals surface area contributed by atoms with Gasteiger partial charge in [0.1, 0.15) is 18.2 Å². The van der Waals surface area contributed by atoms with Gasteiger partial charge in [-0.3, -0.25) is 4.79 Å². The van der Waals surface area contributed by atoms with Crippen LogP contribution in [-0.4, -0.2) is 24.3 Å². The Labute approximate surface area is 132 Å². The Morgan fingerprint density at radius 2 is 1.87 bits per heavy atom. The molecule has 0 aliphatic heterocycles. The van der Waals surface area contributed by atoms with Gasteiger partial charge in [-0.05, 0) is 30.3 Å². The minimum absolute atomic E-state index is 0.0734. The minimum Gasteiger partial charge on any atom is -0.460 e. The second-order valence-corrected chi connectivity index (χ2v) is 5.84. The van der Waals surface area contributed by atoms with Crippen molar-refractivity contribution >= 4 is 37.5 Å². The number of carbonyl (C=O) groups is 1. The van der Waals surface area contributed by atoms with E-state index in [1.165, 1.54) is 18.2 Å². The molecule has 23 heavy (non-hydrogen) atoms. The van der Waals surface area contributed by atoms with Gasteiger partial charge in [0, 0.05) is 20.2 Å². The molecule has 3 rings (SSSR count). The second-order valence-electron chi connectivity index (χ2n) is 4.76. The summed E-state index contributed by atoms with van der Waals surface area (Å²) in [6.07, 6.45) is 0. The van der Waals surface area contributed by atoms with E-state index >= 15 is 0 Å². The lowest BCUT2D eigenvalue weighted by atomic mass is 10.1. The molecule has 0 amide bonds. The number of fused-ring (bicyclic) bond motifs is 2. The van der Waals surface area contributed by atoms with Gasteiger partial charge in [-0.1, -0.05) is 0 Å². The topological polar surface area (TPSA) is 63.6 Å². The smallest absolute Gasteiger partial charge is 0.341 e. The Morgan fingerprint density at radius 1 is 1.13 bits per heavy atom. The lowest BCUT2D eigenvalue weighted by molar-refractivity contribution is 0.0429. The molecule has 0 aliphatic rings. The number of rotatable bonds is 3. The van der Waals surface area contributed by atoms with E-state index in [9.17, 15) is 18.4 Å². The summed E-state index contributed by atoms with van der Waals surface area (Å²) in [6, 6.07) is 5.98. The molecule has 0 saturated heterocycles. The molecule has 0 radical (unpaired) electrons. The van der Waals surface area contributed by atoms with Gasteiger partial charge in [-0.15, -0.1) is 11.3 Å². The van der Waals surface area contributed by atoms with E-state index in [2.05, 4.69) is 4.74 Å². The molecule has 0 bridgehead atoms. The number of esters is 1. The van der Waals surface area contributed by atoms with Crippen LogP contribution in [-0.2, 0) is 4.74 Å². The van der Waals surface area contributed by atoms with Crippen LogP contribution < -0.4 is 5.43 Å². The number of benzene rings is 2. The standard InChI is InChI=1S/C16H10F2O4S/c17-8-1-2-13-10(5-8)15(20)11-6-12(18)9(7-14(11)23-13)16(21)22-4-3-19/h1-2,5-7,19H,3-4H2. The van der Waals surface area contributed by atoms with Gasteiger partial charge in [0.2, 0.25) is 0 Å². The Hall–Kier alpha value is -2.38. The summed E-state index contributed by atoms with van der Waals surface area (Å²) in [5.74, 6) is -2.37. The average molecular weight is 336 g/mol. The zero-order chi connectivity index (χ0) is 16.6. The first-order valence-corrected chi connectivity index (χ1v) is 7.46. The molecular weight excluding hydrogens is 326 g/mol. The highest BCUT2D eigenvalue weighted by Gasteiger charge is 2.17. The van der Waals surface area contributed by atoms with Gasteiger partial charge >= 0.3 is 5.97 Å². The van der Waals surface area contributed by atoms with Crippen LogP contribution in [0.25, 0.3) is 20.2 Å². The molecule has 0 fully saturated rings. The summed E-state index contributed by atoms with van der Waals surface area (Å²) >= 11 is 1.15. The number of aliphatic hydroxyl groups is 1. The predicted octanol–water partition coefficient (Wildman–Crippen LogP) is 2.84. The van der Waals surface area contributed by atoms with Crippen LogP contribution in [0.2, 0.25) is 0 Å². The number of hydrogen-bond donors (Lipinski definition) is 1. The van der Waals surface area contributed by atoms with Crippen molar-refractivity contribution in [2.75, 3.05) is 13.2 Å². The van der Waals surface area contributed by atoms with Gasteiger partial charge in [-0.25, -0.2) is 13.6 Å². The molecule has 4 nitrogen and oxygen atoms in total. The molecule has 0 spiro atoms. The van der Waals surface area contributed by atoms with Crippen LogP contribution in [0.1, 0.15) is 10.4 Å². The SMILES string of the molecule is O=C(OCCO)c1cc2sc3ccc(F)cc3c(=O)c2cc1F. The number of halogens is 2. The molecule has 0 atom stereocenters. The first-order valence-electron chi connectivity index (χ1n) is 6.65. The molecular formula is C16H10F2O4S. The van der Waals surface area contributed by atoms with Crippen molar-refractivity contribution in [1.29, 1.82) is 0 Å². The number of carbonyl (C=O) groups excluding carboxylic acids is 1. The fourth-order valence-electron chi connectivity index (χ4n) is 2.22. The number of aliphatic hydroxyl groups excluding tert-OH is 1. The molecule has 0 unspecified atom stereocenters. The van der Waals surface area contributed by atoms with Crippen LogP contribution in [0.5, 0.6) is 0 Å². The average Bonchev–Trinajstić information content (AvgIpc) is 2.54. The third-order valence-electron chi connectivity index (χ3n) is 3.26. The summed E-state index contributed by atoms with van der Waals surface area (Å²) in [4.78, 5) is 24.1. The summed E-state index contributed by atoms with van der Waals surface area (Å²) in [7, 11) is 0. The fourth-order valence-corrected chi connectivity index (χ4v) is 3.29. The maximum absolute atomic E-state index is 14.1. The van der Waals surface area contributed by atoms with Crippen LogP contribution in [0.3, 0.4) is 0 Å². The molecule has 1 N–H and O–H groups in total. The Morgan fingerprint density at radius 3 is 2.61 bits per heavy atom. The van der Waals surface area contributed by atoms with E-state index < -0.39 is 23.0 Å². The lowest BCUT2D eigenvalue weighted by Crippen LogP contribution is -2.11. The highest BCUT2D eigenvalue weighted by atomic mass is 32.1. The fraction of sp³-hybridized carbons (Fsp3) is 0.125. The maximum atomic E-state index is 14.1. The van der Waals surface area contributed by atoms with Crippen molar-refractivity contribution in [3.05, 3.63) is 57.8 Å². The Kier molecular flexibility index (Phi) is 4.06. The van der Waals surface area contributed by atoms with E-state index in [0.29, 0.717) is 9.40 Å². The monoisotopic (exact) mass is 336 g/mol. The van der Waals surface area contributed by atoms with Crippen molar-refractivity contribution < 1.29 is 23.4 Å². The summed E-state index contributed by atoms with van der Waals surface area (Å²) in [6.45, 7) is -0.617. The van der Waals surface area contributed by atoms with Crippen molar-refractivity contribution in [3.8, 4) is 0 Å². The first kappa shape index (κ1) is 15.5. The molecule has 1 aromatic heterocycles. The number of ether oxygens (including phenoxy) is 1. The molecule has 7 heteroatoms. The molecule has 118 valence electrons. The quantitative estimate of drug-likeness (QED) is 0.590. The van der Waals surface area contributed by atoms with Crippen LogP contribution in [0.4, 0.5) is 8.78 Å². The van der Waals surface area contributed by atoms with E-state index in [-0.39, 0.29) is 29.5 Å². The maximum Gasteiger partial charge on any atom is 0.341 e. The Balaban J connectivity index is 2.24. The van der Waals surface area contributed by atoms with Crippen molar-refractivity contribution in [2.45, 2.75) is 0 Å². The van der Waals surface area contributed by atoms with E-state index in [4.69, 9.17) is 5.11 Å². The largest absolute Gasteiger partial charge is 0.460 e. The zero-order valence-corrected chi connectivity index (χ0v) is 12.5. The molecule has 0 saturated carbocycles. The molecule has 0 aliphatic carbocycles. The second kappa shape index (κ2) is 6.02. The third-order valence-corrected chi connectivity index (χ3v) is 4.40. The molecule has 3 aromatic rings.